The summed E-state index contributed by atoms with van der Waals surface area (Å²) in [6.07, 6.45) is 3.00. The van der Waals surface area contributed by atoms with Crippen LogP contribution in [0.3, 0.4) is 0 Å². The van der Waals surface area contributed by atoms with Crippen LogP contribution in [0.5, 0.6) is 0 Å². The number of nitrogens with zero attached hydrogens (tertiary/aromatic N) is 4. The van der Waals surface area contributed by atoms with E-state index in [0.717, 1.165) is 19.2 Å². The summed E-state index contributed by atoms with van der Waals surface area (Å²) >= 11 is 1.28. The molecular weight excluding hydrogens is 452 g/mol. The lowest BCUT2D eigenvalue weighted by atomic mass is 10.2. The maximum Gasteiger partial charge on any atom is 0.269 e. The monoisotopic (exact) mass is 473 g/mol. The third-order valence-corrected chi connectivity index (χ3v) is 6.37. The number of rotatable bonds is 7. The number of anilines is 1. The zero-order chi connectivity index (χ0) is 23.4. The molecule has 4 rings (SSSR count). The minimum atomic E-state index is -0.649. The van der Waals surface area contributed by atoms with Crippen molar-refractivity contribution < 1.29 is 18.5 Å². The zero-order valence-corrected chi connectivity index (χ0v) is 18.4. The number of carbonyl (C=O) groups excluding carboxylic acids is 1. The molecule has 0 atom stereocenters. The molecule has 1 N–H and O–H groups in total. The van der Waals surface area contributed by atoms with Crippen LogP contribution in [0.25, 0.3) is 16.3 Å². The van der Waals surface area contributed by atoms with Crippen molar-refractivity contribution in [3.63, 3.8) is 0 Å². The Labute approximate surface area is 192 Å². The molecule has 3 aromatic rings. The number of amides is 1. The predicted molar refractivity (Wildman–Crippen MR) is 123 cm³/mol. The molecular formula is C22H21F2N5O3S. The molecule has 1 aliphatic heterocycles. The van der Waals surface area contributed by atoms with Crippen molar-refractivity contribution in [2.45, 2.75) is 0 Å². The summed E-state index contributed by atoms with van der Waals surface area (Å²) in [5.74, 6) is -1.50. The normalized spacial score (nSPS) is 14.8. The van der Waals surface area contributed by atoms with Gasteiger partial charge in [0.15, 0.2) is 10.9 Å². The number of nitro benzene ring substituents is 1. The molecule has 8 nitrogen and oxygen atoms in total. The maximum absolute atomic E-state index is 13.9. The van der Waals surface area contributed by atoms with Crippen molar-refractivity contribution in [2.75, 3.05) is 44.2 Å². The van der Waals surface area contributed by atoms with E-state index in [2.05, 4.69) is 20.1 Å². The summed E-state index contributed by atoms with van der Waals surface area (Å²) in [6, 6.07) is 8.09. The van der Waals surface area contributed by atoms with Crippen molar-refractivity contribution in [1.29, 1.82) is 0 Å². The van der Waals surface area contributed by atoms with Gasteiger partial charge >= 0.3 is 0 Å². The summed E-state index contributed by atoms with van der Waals surface area (Å²) in [4.78, 5) is 30.8. The predicted octanol–water partition coefficient (Wildman–Crippen LogP) is 3.43. The number of halogens is 2. The van der Waals surface area contributed by atoms with Crippen molar-refractivity contribution >= 4 is 44.4 Å². The van der Waals surface area contributed by atoms with E-state index >= 15 is 0 Å². The number of carbonyl (C=O) groups is 1. The van der Waals surface area contributed by atoms with E-state index in [1.165, 1.54) is 35.6 Å². The molecule has 1 aromatic heterocycles. The number of benzene rings is 2. The van der Waals surface area contributed by atoms with Crippen LogP contribution in [-0.2, 0) is 4.79 Å². The molecule has 2 heterocycles. The molecule has 0 spiro atoms. The van der Waals surface area contributed by atoms with Crippen LogP contribution in [0.2, 0.25) is 0 Å². The van der Waals surface area contributed by atoms with Crippen LogP contribution in [-0.4, -0.2) is 60.0 Å². The molecule has 1 fully saturated rings. The quantitative estimate of drug-likeness (QED) is 0.321. The summed E-state index contributed by atoms with van der Waals surface area (Å²) in [5.41, 5.74) is 0.897. The van der Waals surface area contributed by atoms with Crippen LogP contribution < -0.4 is 10.2 Å². The Morgan fingerprint density at radius 3 is 2.61 bits per heavy atom. The number of hydrogen-bond acceptors (Lipinski definition) is 7. The van der Waals surface area contributed by atoms with E-state index in [0.29, 0.717) is 41.6 Å². The van der Waals surface area contributed by atoms with E-state index in [1.54, 1.807) is 18.2 Å². The van der Waals surface area contributed by atoms with Gasteiger partial charge in [0, 0.05) is 63.5 Å². The zero-order valence-electron chi connectivity index (χ0n) is 17.5. The standard InChI is InChI=1S/C22H21F2N5O3S/c23-16-13-18(24)21-19(14-16)33-22(26-21)28-11-9-27(10-12-28)8-7-25-20(30)6-3-15-1-4-17(5-2-15)29(31)32/h1-6,13-14H,7-12H2,(H,25,30)/b6-3-. The lowest BCUT2D eigenvalue weighted by Crippen LogP contribution is -2.48. The Morgan fingerprint density at radius 1 is 1.18 bits per heavy atom. The van der Waals surface area contributed by atoms with Gasteiger partial charge in [0.25, 0.3) is 5.69 Å². The van der Waals surface area contributed by atoms with Gasteiger partial charge in [-0.1, -0.05) is 11.3 Å². The lowest BCUT2D eigenvalue weighted by Gasteiger charge is -2.34. The third kappa shape index (κ3) is 5.68. The molecule has 2 aromatic carbocycles. The van der Waals surface area contributed by atoms with Gasteiger partial charge in [-0.05, 0) is 29.8 Å². The number of fused-ring (bicyclic) bond motifs is 1. The van der Waals surface area contributed by atoms with Gasteiger partial charge in [0.05, 0.1) is 9.62 Å². The van der Waals surface area contributed by atoms with E-state index in [-0.39, 0.29) is 17.1 Å². The van der Waals surface area contributed by atoms with Crippen LogP contribution in [0.4, 0.5) is 19.6 Å². The number of nitro groups is 1. The first-order valence-electron chi connectivity index (χ1n) is 10.3. The highest BCUT2D eigenvalue weighted by molar-refractivity contribution is 7.22. The average molecular weight is 474 g/mol. The number of thiazole rings is 1. The minimum Gasteiger partial charge on any atom is -0.351 e. The highest BCUT2D eigenvalue weighted by Gasteiger charge is 2.21. The average Bonchev–Trinajstić information content (AvgIpc) is 3.23. The Kier molecular flexibility index (Phi) is 6.90. The second-order valence-corrected chi connectivity index (χ2v) is 8.54. The van der Waals surface area contributed by atoms with Gasteiger partial charge in [-0.3, -0.25) is 19.8 Å². The molecule has 172 valence electrons. The molecule has 1 saturated heterocycles. The second kappa shape index (κ2) is 10.0. The Hall–Kier alpha value is -3.44. The smallest absolute Gasteiger partial charge is 0.269 e. The Bertz CT molecular complexity index is 1190. The lowest BCUT2D eigenvalue weighted by molar-refractivity contribution is -0.384. The highest BCUT2D eigenvalue weighted by atomic mass is 32.1. The van der Waals surface area contributed by atoms with Crippen molar-refractivity contribution in [3.8, 4) is 0 Å². The summed E-state index contributed by atoms with van der Waals surface area (Å²) in [6.45, 7) is 4.11. The van der Waals surface area contributed by atoms with Crippen molar-refractivity contribution in [1.82, 2.24) is 15.2 Å². The molecule has 0 aliphatic carbocycles. The summed E-state index contributed by atoms with van der Waals surface area (Å²) < 4.78 is 27.8. The fraction of sp³-hybridized carbons (Fsp3) is 0.273. The SMILES string of the molecule is O=C(/C=C\c1ccc([N+](=O)[O-])cc1)NCCN1CCN(c2nc3c(F)cc(F)cc3s2)CC1. The number of nitrogens with one attached hydrogen (secondary N) is 1. The highest BCUT2D eigenvalue weighted by Crippen LogP contribution is 2.31. The topological polar surface area (TPSA) is 91.6 Å². The minimum absolute atomic E-state index is 0.000828. The largest absolute Gasteiger partial charge is 0.351 e. The first-order valence-corrected chi connectivity index (χ1v) is 11.1. The Morgan fingerprint density at radius 2 is 1.91 bits per heavy atom. The van der Waals surface area contributed by atoms with Gasteiger partial charge in [-0.2, -0.15) is 0 Å². The van der Waals surface area contributed by atoms with Gasteiger partial charge in [0.2, 0.25) is 5.91 Å². The van der Waals surface area contributed by atoms with E-state index in [9.17, 15) is 23.7 Å². The van der Waals surface area contributed by atoms with Gasteiger partial charge in [-0.15, -0.1) is 0 Å². The van der Waals surface area contributed by atoms with E-state index < -0.39 is 16.6 Å². The second-order valence-electron chi connectivity index (χ2n) is 7.53. The summed E-state index contributed by atoms with van der Waals surface area (Å²) in [7, 11) is 0. The molecule has 1 amide bonds. The van der Waals surface area contributed by atoms with E-state index in [4.69, 9.17) is 0 Å². The molecule has 0 radical (unpaired) electrons. The fourth-order valence-electron chi connectivity index (χ4n) is 3.52. The molecule has 0 saturated carbocycles. The van der Waals surface area contributed by atoms with Crippen LogP contribution >= 0.6 is 11.3 Å². The number of hydrogen-bond donors (Lipinski definition) is 1. The summed E-state index contributed by atoms with van der Waals surface area (Å²) in [5, 5.41) is 14.2. The first-order chi connectivity index (χ1) is 15.9. The van der Waals surface area contributed by atoms with Crippen molar-refractivity contribution in [3.05, 3.63) is 69.8 Å². The van der Waals surface area contributed by atoms with Gasteiger partial charge in [0.1, 0.15) is 11.3 Å². The van der Waals surface area contributed by atoms with E-state index in [1.807, 2.05) is 0 Å². The first kappa shape index (κ1) is 22.7. The van der Waals surface area contributed by atoms with Gasteiger partial charge in [-0.25, -0.2) is 13.8 Å². The third-order valence-electron chi connectivity index (χ3n) is 5.30. The van der Waals surface area contributed by atoms with Crippen LogP contribution in [0.1, 0.15) is 5.56 Å². The van der Waals surface area contributed by atoms with Crippen LogP contribution in [0, 0.1) is 21.7 Å². The molecule has 11 heteroatoms. The number of aromatic nitrogens is 1. The maximum atomic E-state index is 13.9. The van der Waals surface area contributed by atoms with Crippen molar-refractivity contribution in [2.24, 2.45) is 0 Å². The van der Waals surface area contributed by atoms with Gasteiger partial charge < -0.3 is 10.2 Å². The molecule has 0 unspecified atom stereocenters. The fourth-order valence-corrected chi connectivity index (χ4v) is 4.58. The molecule has 33 heavy (non-hydrogen) atoms. The number of piperazine rings is 1. The molecule has 0 bridgehead atoms. The Balaban J connectivity index is 1.21. The molecule has 1 aliphatic rings. The van der Waals surface area contributed by atoms with Crippen LogP contribution in [0.15, 0.2) is 42.5 Å². The number of non-ortho nitro benzene ring substituents is 1.